The van der Waals surface area contributed by atoms with Crippen molar-refractivity contribution >= 4 is 0 Å². The van der Waals surface area contributed by atoms with Gasteiger partial charge in [-0.2, -0.15) is 5.10 Å². The number of aromatic nitrogens is 2. The van der Waals surface area contributed by atoms with E-state index in [2.05, 4.69) is 17.3 Å². The van der Waals surface area contributed by atoms with Crippen LogP contribution >= 0.6 is 0 Å². The van der Waals surface area contributed by atoms with E-state index in [1.807, 2.05) is 10.9 Å². The quantitative estimate of drug-likeness (QED) is 0.689. The maximum Gasteiger partial charge on any atom is 0.157 e. The molecular weight excluding hydrogens is 178 g/mol. The number of hydrogen-bond acceptors (Lipinski definition) is 3. The Hall–Kier alpha value is -1.03. The van der Waals surface area contributed by atoms with Crippen LogP contribution in [0.2, 0.25) is 0 Å². The van der Waals surface area contributed by atoms with Gasteiger partial charge < -0.3 is 10.1 Å². The van der Waals surface area contributed by atoms with Gasteiger partial charge in [-0.15, -0.1) is 0 Å². The third-order valence-electron chi connectivity index (χ3n) is 2.31. The van der Waals surface area contributed by atoms with E-state index in [0.717, 1.165) is 31.5 Å². The minimum Gasteiger partial charge on any atom is -0.489 e. The molecule has 1 aliphatic carbocycles. The molecule has 0 radical (unpaired) electrons. The summed E-state index contributed by atoms with van der Waals surface area (Å²) in [6.07, 6.45) is 6.35. The van der Waals surface area contributed by atoms with Gasteiger partial charge in [0.2, 0.25) is 0 Å². The average Bonchev–Trinajstić information content (AvgIpc) is 2.91. The van der Waals surface area contributed by atoms with Crippen LogP contribution in [0.1, 0.15) is 19.8 Å². The number of hydrogen-bond donors (Lipinski definition) is 1. The summed E-state index contributed by atoms with van der Waals surface area (Å²) in [4.78, 5) is 0. The third kappa shape index (κ3) is 2.73. The number of ether oxygens (including phenoxy) is 1. The average molecular weight is 195 g/mol. The van der Waals surface area contributed by atoms with Gasteiger partial charge in [-0.05, 0) is 19.8 Å². The van der Waals surface area contributed by atoms with E-state index in [1.54, 1.807) is 6.20 Å². The summed E-state index contributed by atoms with van der Waals surface area (Å²) in [5, 5.41) is 7.53. The first-order chi connectivity index (χ1) is 6.88. The van der Waals surface area contributed by atoms with Gasteiger partial charge in [-0.25, -0.2) is 0 Å². The van der Waals surface area contributed by atoms with Crippen molar-refractivity contribution < 1.29 is 4.74 Å². The Bertz CT molecular complexity index is 281. The molecule has 0 atom stereocenters. The molecule has 0 unspecified atom stereocenters. The Balaban J connectivity index is 1.63. The van der Waals surface area contributed by atoms with Gasteiger partial charge in [0.15, 0.2) is 5.75 Å². The monoisotopic (exact) mass is 195 g/mol. The molecular formula is C10H17N3O. The van der Waals surface area contributed by atoms with Crippen LogP contribution in [0.25, 0.3) is 0 Å². The van der Waals surface area contributed by atoms with Gasteiger partial charge in [0, 0.05) is 19.1 Å². The summed E-state index contributed by atoms with van der Waals surface area (Å²) < 4.78 is 7.39. The van der Waals surface area contributed by atoms with Crippen LogP contribution in [0.5, 0.6) is 5.75 Å². The van der Waals surface area contributed by atoms with Crippen molar-refractivity contribution in [3.05, 3.63) is 12.4 Å². The minimum atomic E-state index is 0.728. The van der Waals surface area contributed by atoms with E-state index in [-0.39, 0.29) is 0 Å². The lowest BCUT2D eigenvalue weighted by Crippen LogP contribution is -2.22. The standard InChI is InChI=1S/C10H17N3O/c1-2-13-8-10(7-12-13)14-6-5-11-9-3-4-9/h7-9,11H,2-6H2,1H3. The van der Waals surface area contributed by atoms with Crippen LogP contribution in [0.3, 0.4) is 0 Å². The lowest BCUT2D eigenvalue weighted by atomic mass is 10.6. The molecule has 4 heteroatoms. The Morgan fingerprint density at radius 3 is 3.14 bits per heavy atom. The molecule has 1 fully saturated rings. The minimum absolute atomic E-state index is 0.728. The lowest BCUT2D eigenvalue weighted by molar-refractivity contribution is 0.313. The van der Waals surface area contributed by atoms with E-state index in [1.165, 1.54) is 12.8 Å². The zero-order valence-corrected chi connectivity index (χ0v) is 8.57. The summed E-state index contributed by atoms with van der Waals surface area (Å²) >= 11 is 0. The van der Waals surface area contributed by atoms with Crippen molar-refractivity contribution in [1.82, 2.24) is 15.1 Å². The molecule has 0 aliphatic heterocycles. The third-order valence-corrected chi connectivity index (χ3v) is 2.31. The van der Waals surface area contributed by atoms with Crippen molar-refractivity contribution in [3.63, 3.8) is 0 Å². The molecule has 1 saturated carbocycles. The van der Waals surface area contributed by atoms with Gasteiger partial charge in [0.05, 0.1) is 12.4 Å². The fourth-order valence-corrected chi connectivity index (χ4v) is 1.31. The fourth-order valence-electron chi connectivity index (χ4n) is 1.31. The SMILES string of the molecule is CCn1cc(OCCNC2CC2)cn1. The Labute approximate surface area is 84.3 Å². The Morgan fingerprint density at radius 1 is 1.64 bits per heavy atom. The maximum absolute atomic E-state index is 5.52. The van der Waals surface area contributed by atoms with Crippen molar-refractivity contribution in [2.75, 3.05) is 13.2 Å². The largest absolute Gasteiger partial charge is 0.489 e. The maximum atomic E-state index is 5.52. The summed E-state index contributed by atoms with van der Waals surface area (Å²) in [6.45, 7) is 4.61. The smallest absolute Gasteiger partial charge is 0.157 e. The first-order valence-corrected chi connectivity index (χ1v) is 5.27. The highest BCUT2D eigenvalue weighted by atomic mass is 16.5. The molecule has 78 valence electrons. The second-order valence-corrected chi connectivity index (χ2v) is 3.61. The van der Waals surface area contributed by atoms with Crippen LogP contribution < -0.4 is 10.1 Å². The molecule has 1 heterocycles. The molecule has 0 amide bonds. The summed E-state index contributed by atoms with van der Waals surface area (Å²) in [6, 6.07) is 0.761. The number of nitrogens with one attached hydrogen (secondary N) is 1. The predicted octanol–water partition coefficient (Wildman–Crippen LogP) is 1.03. The summed E-state index contributed by atoms with van der Waals surface area (Å²) in [5.41, 5.74) is 0. The molecule has 0 saturated heterocycles. The number of rotatable bonds is 6. The lowest BCUT2D eigenvalue weighted by Gasteiger charge is -2.03. The highest BCUT2D eigenvalue weighted by Crippen LogP contribution is 2.18. The molecule has 1 aromatic heterocycles. The first-order valence-electron chi connectivity index (χ1n) is 5.27. The predicted molar refractivity (Wildman–Crippen MR) is 54.4 cm³/mol. The summed E-state index contributed by atoms with van der Waals surface area (Å²) in [7, 11) is 0. The zero-order valence-electron chi connectivity index (χ0n) is 8.57. The van der Waals surface area contributed by atoms with Gasteiger partial charge >= 0.3 is 0 Å². The Kier molecular flexibility index (Phi) is 3.03. The van der Waals surface area contributed by atoms with E-state index in [9.17, 15) is 0 Å². The van der Waals surface area contributed by atoms with Gasteiger partial charge in [-0.1, -0.05) is 0 Å². The number of aryl methyl sites for hydroxylation is 1. The van der Waals surface area contributed by atoms with E-state index < -0.39 is 0 Å². The Morgan fingerprint density at radius 2 is 2.50 bits per heavy atom. The summed E-state index contributed by atoms with van der Waals surface area (Å²) in [5.74, 6) is 0.865. The van der Waals surface area contributed by atoms with Crippen LogP contribution in [-0.2, 0) is 6.54 Å². The molecule has 0 aromatic carbocycles. The van der Waals surface area contributed by atoms with Crippen molar-refractivity contribution in [2.45, 2.75) is 32.4 Å². The van der Waals surface area contributed by atoms with Crippen LogP contribution in [0.15, 0.2) is 12.4 Å². The molecule has 14 heavy (non-hydrogen) atoms. The molecule has 1 aromatic rings. The van der Waals surface area contributed by atoms with Gasteiger partial charge in [0.1, 0.15) is 6.61 Å². The fraction of sp³-hybridized carbons (Fsp3) is 0.700. The normalized spacial score (nSPS) is 15.8. The number of nitrogens with zero attached hydrogens (tertiary/aromatic N) is 2. The second-order valence-electron chi connectivity index (χ2n) is 3.61. The molecule has 1 N–H and O–H groups in total. The van der Waals surface area contributed by atoms with Crippen LogP contribution in [-0.4, -0.2) is 29.0 Å². The molecule has 0 bridgehead atoms. The molecule has 0 spiro atoms. The van der Waals surface area contributed by atoms with E-state index in [0.29, 0.717) is 0 Å². The van der Waals surface area contributed by atoms with Gasteiger partial charge in [0.25, 0.3) is 0 Å². The highest BCUT2D eigenvalue weighted by Gasteiger charge is 2.19. The van der Waals surface area contributed by atoms with Crippen molar-refractivity contribution in [1.29, 1.82) is 0 Å². The molecule has 2 rings (SSSR count). The van der Waals surface area contributed by atoms with E-state index in [4.69, 9.17) is 4.74 Å². The molecule has 4 nitrogen and oxygen atoms in total. The first kappa shape index (κ1) is 9.52. The highest BCUT2D eigenvalue weighted by molar-refractivity contribution is 5.11. The van der Waals surface area contributed by atoms with Gasteiger partial charge in [-0.3, -0.25) is 4.68 Å². The van der Waals surface area contributed by atoms with E-state index >= 15 is 0 Å². The zero-order chi connectivity index (χ0) is 9.80. The van der Waals surface area contributed by atoms with Crippen molar-refractivity contribution in [3.8, 4) is 5.75 Å². The van der Waals surface area contributed by atoms with Crippen LogP contribution in [0.4, 0.5) is 0 Å². The van der Waals surface area contributed by atoms with Crippen LogP contribution in [0, 0.1) is 0 Å². The molecule has 1 aliphatic rings. The van der Waals surface area contributed by atoms with Crippen molar-refractivity contribution in [2.24, 2.45) is 0 Å². The topological polar surface area (TPSA) is 39.1 Å². The second kappa shape index (κ2) is 4.46.